The van der Waals surface area contributed by atoms with Gasteiger partial charge in [0, 0.05) is 43.8 Å². The van der Waals surface area contributed by atoms with E-state index < -0.39 is 12.7 Å². The summed E-state index contributed by atoms with van der Waals surface area (Å²) in [5.74, 6) is -0.232. The normalized spacial score (nSPS) is 23.0. The minimum absolute atomic E-state index is 0.177. The fourth-order valence-electron chi connectivity index (χ4n) is 3.67. The van der Waals surface area contributed by atoms with E-state index in [0.717, 1.165) is 29.3 Å². The summed E-state index contributed by atoms with van der Waals surface area (Å²) in [5, 5.41) is 5.47. The first-order valence-electron chi connectivity index (χ1n) is 9.18. The average molecular weight is 406 g/mol. The van der Waals surface area contributed by atoms with Gasteiger partial charge in [0.1, 0.15) is 5.01 Å². The van der Waals surface area contributed by atoms with Gasteiger partial charge in [-0.25, -0.2) is 15.0 Å². The third-order valence-electron chi connectivity index (χ3n) is 5.00. The summed E-state index contributed by atoms with van der Waals surface area (Å²) in [6.07, 6.45) is 0.679. The second-order valence-corrected chi connectivity index (χ2v) is 8.05. The van der Waals surface area contributed by atoms with Crippen LogP contribution in [0.4, 0.5) is 13.2 Å². The first-order chi connectivity index (χ1) is 12.9. The van der Waals surface area contributed by atoms with Gasteiger partial charge in [-0.1, -0.05) is 0 Å². The molecule has 2 aliphatic rings. The Hall–Kier alpha value is -1.23. The molecule has 2 saturated heterocycles. The van der Waals surface area contributed by atoms with Crippen LogP contribution < -0.4 is 0 Å². The Bertz CT molecular complexity index is 632. The third-order valence-corrected chi connectivity index (χ3v) is 6.16. The van der Waals surface area contributed by atoms with Crippen LogP contribution in [-0.2, 0) is 16.0 Å². The van der Waals surface area contributed by atoms with Gasteiger partial charge in [-0.15, -0.1) is 11.3 Å². The number of aromatic nitrogens is 1. The lowest BCUT2D eigenvalue weighted by Gasteiger charge is -2.41. The zero-order chi connectivity index (χ0) is 19.4. The van der Waals surface area contributed by atoms with Crippen LogP contribution in [0.15, 0.2) is 6.20 Å². The summed E-state index contributed by atoms with van der Waals surface area (Å²) in [4.78, 5) is 18.4. The summed E-state index contributed by atoms with van der Waals surface area (Å²) in [7, 11) is 1.38. The molecule has 0 N–H and O–H groups in total. The molecule has 2 aliphatic heterocycles. The zero-order valence-corrected chi connectivity index (χ0v) is 16.2. The summed E-state index contributed by atoms with van der Waals surface area (Å²) < 4.78 is 42.3. The number of hydrogen-bond donors (Lipinski definition) is 0. The van der Waals surface area contributed by atoms with Gasteiger partial charge in [0.15, 0.2) is 0 Å². The van der Waals surface area contributed by atoms with Gasteiger partial charge in [0.05, 0.1) is 26.1 Å². The molecule has 3 heterocycles. The molecule has 0 saturated carbocycles. The first-order valence-corrected chi connectivity index (χ1v) is 9.99. The number of nitrogens with zero attached hydrogens (tertiary/aromatic N) is 4. The SMILES string of the molecule is COC(=O)CCc1cnc([C@@H]2CCCN2N2CCN(CC(F)(F)F)CC2)s1. The lowest BCUT2D eigenvalue weighted by atomic mass is 10.2. The molecule has 1 atom stereocenters. The van der Waals surface area contributed by atoms with Crippen LogP contribution in [0.1, 0.15) is 35.2 Å². The third kappa shape index (κ3) is 5.63. The minimum atomic E-state index is -4.14. The summed E-state index contributed by atoms with van der Waals surface area (Å²) >= 11 is 1.61. The molecule has 0 spiro atoms. The molecular formula is C17H25F3N4O2S. The maximum atomic E-state index is 12.6. The topological polar surface area (TPSA) is 48.9 Å². The lowest BCUT2D eigenvalue weighted by Crippen LogP contribution is -2.54. The van der Waals surface area contributed by atoms with E-state index in [0.29, 0.717) is 39.0 Å². The maximum Gasteiger partial charge on any atom is 0.401 e. The lowest BCUT2D eigenvalue weighted by molar-refractivity contribution is -0.156. The summed E-state index contributed by atoms with van der Waals surface area (Å²) in [6, 6.07) is 0.177. The number of ether oxygens (including phenoxy) is 1. The van der Waals surface area contributed by atoms with Crippen molar-refractivity contribution in [2.45, 2.75) is 37.9 Å². The van der Waals surface area contributed by atoms with Crippen LogP contribution in [0, 0.1) is 0 Å². The van der Waals surface area contributed by atoms with E-state index in [1.165, 1.54) is 12.0 Å². The average Bonchev–Trinajstić information content (AvgIpc) is 3.28. The molecule has 2 fully saturated rings. The van der Waals surface area contributed by atoms with Gasteiger partial charge < -0.3 is 4.74 Å². The Morgan fingerprint density at radius 3 is 2.70 bits per heavy atom. The van der Waals surface area contributed by atoms with Crippen LogP contribution in [0.2, 0.25) is 0 Å². The van der Waals surface area contributed by atoms with E-state index in [4.69, 9.17) is 0 Å². The second-order valence-electron chi connectivity index (χ2n) is 6.91. The summed E-state index contributed by atoms with van der Waals surface area (Å²) in [6.45, 7) is 2.12. The van der Waals surface area contributed by atoms with Crippen LogP contribution in [-0.4, -0.2) is 78.4 Å². The van der Waals surface area contributed by atoms with E-state index in [9.17, 15) is 18.0 Å². The number of alkyl halides is 3. The number of aryl methyl sites for hydroxylation is 1. The van der Waals surface area contributed by atoms with E-state index in [1.54, 1.807) is 11.3 Å². The standard InChI is InChI=1S/C17H25F3N4O2S/c1-26-15(25)5-4-13-11-21-16(27-13)14-3-2-6-24(14)23-9-7-22(8-10-23)12-17(18,19)20/h11,14H,2-10,12H2,1H3/t14-/m0/s1. The van der Waals surface area contributed by atoms with Crippen LogP contribution >= 0.6 is 11.3 Å². The Labute approximate surface area is 160 Å². The molecule has 10 heteroatoms. The van der Waals surface area contributed by atoms with E-state index >= 15 is 0 Å². The number of carbonyl (C=O) groups is 1. The molecule has 1 aromatic heterocycles. The highest BCUT2D eigenvalue weighted by Crippen LogP contribution is 2.36. The number of halogens is 3. The largest absolute Gasteiger partial charge is 0.469 e. The zero-order valence-electron chi connectivity index (χ0n) is 15.4. The van der Waals surface area contributed by atoms with Gasteiger partial charge in [-0.3, -0.25) is 9.69 Å². The van der Waals surface area contributed by atoms with Gasteiger partial charge >= 0.3 is 12.1 Å². The van der Waals surface area contributed by atoms with Crippen molar-refractivity contribution in [1.29, 1.82) is 0 Å². The quantitative estimate of drug-likeness (QED) is 0.677. The van der Waals surface area contributed by atoms with E-state index in [-0.39, 0.29) is 12.0 Å². The Morgan fingerprint density at radius 2 is 2.04 bits per heavy atom. The monoisotopic (exact) mass is 406 g/mol. The fourth-order valence-corrected chi connectivity index (χ4v) is 4.73. The van der Waals surface area contributed by atoms with Crippen LogP contribution in [0.3, 0.4) is 0 Å². The molecule has 6 nitrogen and oxygen atoms in total. The Balaban J connectivity index is 1.55. The molecule has 1 aromatic rings. The molecule has 27 heavy (non-hydrogen) atoms. The van der Waals surface area contributed by atoms with Gasteiger partial charge in [0.25, 0.3) is 0 Å². The highest BCUT2D eigenvalue weighted by Gasteiger charge is 2.36. The molecule has 0 aliphatic carbocycles. The molecule has 0 amide bonds. The first kappa shape index (κ1) is 20.5. The number of esters is 1. The molecular weight excluding hydrogens is 381 g/mol. The smallest absolute Gasteiger partial charge is 0.401 e. The molecule has 0 radical (unpaired) electrons. The van der Waals surface area contributed by atoms with Crippen molar-refractivity contribution >= 4 is 17.3 Å². The molecule has 0 bridgehead atoms. The van der Waals surface area contributed by atoms with E-state index in [1.807, 2.05) is 6.20 Å². The molecule has 0 unspecified atom stereocenters. The van der Waals surface area contributed by atoms with E-state index in [2.05, 4.69) is 19.7 Å². The Morgan fingerprint density at radius 1 is 1.30 bits per heavy atom. The minimum Gasteiger partial charge on any atom is -0.469 e. The van der Waals surface area contributed by atoms with Gasteiger partial charge in [0.2, 0.25) is 0 Å². The molecule has 3 rings (SSSR count). The molecule has 152 valence electrons. The number of methoxy groups -OCH3 is 1. The maximum absolute atomic E-state index is 12.6. The number of hydrazine groups is 1. The van der Waals surface area contributed by atoms with Crippen molar-refractivity contribution in [2.75, 3.05) is 46.4 Å². The van der Waals surface area contributed by atoms with Crippen molar-refractivity contribution in [2.24, 2.45) is 0 Å². The highest BCUT2D eigenvalue weighted by atomic mass is 32.1. The van der Waals surface area contributed by atoms with Crippen molar-refractivity contribution in [3.8, 4) is 0 Å². The highest BCUT2D eigenvalue weighted by molar-refractivity contribution is 7.11. The van der Waals surface area contributed by atoms with Gasteiger partial charge in [-0.2, -0.15) is 13.2 Å². The van der Waals surface area contributed by atoms with Crippen molar-refractivity contribution < 1.29 is 22.7 Å². The van der Waals surface area contributed by atoms with Crippen LogP contribution in [0.25, 0.3) is 0 Å². The molecule has 0 aromatic carbocycles. The van der Waals surface area contributed by atoms with Crippen molar-refractivity contribution in [1.82, 2.24) is 19.9 Å². The van der Waals surface area contributed by atoms with Crippen molar-refractivity contribution in [3.63, 3.8) is 0 Å². The number of hydrogen-bond acceptors (Lipinski definition) is 7. The predicted octanol–water partition coefficient (Wildman–Crippen LogP) is 2.48. The second kappa shape index (κ2) is 8.85. The Kier molecular flexibility index (Phi) is 6.72. The number of rotatable bonds is 6. The fraction of sp³-hybridized carbons (Fsp3) is 0.765. The predicted molar refractivity (Wildman–Crippen MR) is 95.2 cm³/mol. The van der Waals surface area contributed by atoms with Gasteiger partial charge in [-0.05, 0) is 19.3 Å². The summed E-state index contributed by atoms with van der Waals surface area (Å²) in [5.41, 5.74) is 0. The van der Waals surface area contributed by atoms with Crippen molar-refractivity contribution in [3.05, 3.63) is 16.1 Å². The number of thiazole rings is 1. The number of piperazine rings is 1. The number of carbonyl (C=O) groups excluding carboxylic acids is 1. The van der Waals surface area contributed by atoms with Crippen LogP contribution in [0.5, 0.6) is 0 Å².